The van der Waals surface area contributed by atoms with Crippen LogP contribution in [0.3, 0.4) is 0 Å². The van der Waals surface area contributed by atoms with Crippen LogP contribution in [0.15, 0.2) is 60.7 Å². The van der Waals surface area contributed by atoms with Crippen molar-refractivity contribution in [1.29, 1.82) is 0 Å². The number of allylic oxidation sites excluding steroid dienone is 2. The molecule has 0 heterocycles. The van der Waals surface area contributed by atoms with Crippen LogP contribution in [-0.4, -0.2) is 12.0 Å². The Morgan fingerprint density at radius 2 is 1.29 bits per heavy atom. The minimum absolute atomic E-state index is 0.0474. The zero-order valence-electron chi connectivity index (χ0n) is 11.9. The summed E-state index contributed by atoms with van der Waals surface area (Å²) < 4.78 is 77.0. The highest BCUT2D eigenvalue weighted by molar-refractivity contribution is 6.09. The normalized spacial score (nSPS) is 13.0. The Hall–Kier alpha value is -2.57. The predicted molar refractivity (Wildman–Crippen MR) is 76.2 cm³/mol. The quantitative estimate of drug-likeness (QED) is 0.406. The van der Waals surface area contributed by atoms with Gasteiger partial charge in [-0.1, -0.05) is 42.5 Å². The van der Waals surface area contributed by atoms with Crippen LogP contribution in [0, 0.1) is 0 Å². The van der Waals surface area contributed by atoms with Crippen molar-refractivity contribution in [1.82, 2.24) is 0 Å². The summed E-state index contributed by atoms with van der Waals surface area (Å²) in [5, 5.41) is 0. The van der Waals surface area contributed by atoms with E-state index < -0.39 is 34.8 Å². The second-order valence-electron chi connectivity index (χ2n) is 4.86. The summed E-state index contributed by atoms with van der Waals surface area (Å²) >= 11 is 0. The predicted octanol–water partition coefficient (Wildman–Crippen LogP) is 5.53. The van der Waals surface area contributed by atoms with E-state index in [1.54, 1.807) is 6.07 Å². The molecule has 126 valence electrons. The maximum absolute atomic E-state index is 13.2. The average Bonchev–Trinajstić information content (AvgIpc) is 2.51. The second kappa shape index (κ2) is 6.51. The van der Waals surface area contributed by atoms with E-state index in [4.69, 9.17) is 0 Å². The first-order chi connectivity index (χ1) is 11.1. The Morgan fingerprint density at radius 3 is 1.75 bits per heavy atom. The van der Waals surface area contributed by atoms with Crippen molar-refractivity contribution in [3.8, 4) is 0 Å². The van der Waals surface area contributed by atoms with E-state index >= 15 is 0 Å². The van der Waals surface area contributed by atoms with Gasteiger partial charge in [0.25, 0.3) is 0 Å². The summed E-state index contributed by atoms with van der Waals surface area (Å²) in [4.78, 5) is 11.9. The van der Waals surface area contributed by atoms with Gasteiger partial charge in [0.2, 0.25) is 0 Å². The maximum atomic E-state index is 13.2. The first kappa shape index (κ1) is 17.8. The molecule has 2 aromatic carbocycles. The summed E-state index contributed by atoms with van der Waals surface area (Å²) in [6, 6.07) is 9.75. The molecule has 0 saturated carbocycles. The Kier molecular flexibility index (Phi) is 4.82. The number of hydrogen-bond acceptors (Lipinski definition) is 1. The van der Waals surface area contributed by atoms with Gasteiger partial charge >= 0.3 is 12.4 Å². The van der Waals surface area contributed by atoms with Crippen molar-refractivity contribution in [2.45, 2.75) is 12.4 Å². The first-order valence-corrected chi connectivity index (χ1v) is 6.65. The molecule has 0 fully saturated rings. The number of carbonyl (C=O) groups excluding carboxylic acids is 1. The summed E-state index contributed by atoms with van der Waals surface area (Å²) in [5.74, 6) is -0.886. The molecule has 0 amide bonds. The molecule has 0 unspecified atom stereocenters. The smallest absolute Gasteiger partial charge is 0.289 e. The summed E-state index contributed by atoms with van der Waals surface area (Å²) in [6.45, 7) is 0. The van der Waals surface area contributed by atoms with Crippen LogP contribution in [0.1, 0.15) is 21.5 Å². The first-order valence-electron chi connectivity index (χ1n) is 6.65. The van der Waals surface area contributed by atoms with Gasteiger partial charge in [0.15, 0.2) is 5.78 Å². The van der Waals surface area contributed by atoms with Gasteiger partial charge in [-0.05, 0) is 23.8 Å². The van der Waals surface area contributed by atoms with E-state index in [-0.39, 0.29) is 5.56 Å². The fraction of sp³-hybridized carbons (Fsp3) is 0.118. The van der Waals surface area contributed by atoms with Crippen molar-refractivity contribution in [2.75, 3.05) is 0 Å². The molecule has 0 aliphatic rings. The van der Waals surface area contributed by atoms with Crippen molar-refractivity contribution >= 4 is 11.4 Å². The van der Waals surface area contributed by atoms with E-state index in [2.05, 4.69) is 0 Å². The van der Waals surface area contributed by atoms with E-state index in [1.165, 1.54) is 24.3 Å². The van der Waals surface area contributed by atoms with Crippen molar-refractivity contribution in [2.24, 2.45) is 0 Å². The Balaban J connectivity index is 2.43. The molecule has 2 aromatic rings. The summed E-state index contributed by atoms with van der Waals surface area (Å²) in [7, 11) is 0. The number of alkyl halides is 6. The van der Waals surface area contributed by atoms with Crippen LogP contribution in [0.2, 0.25) is 0 Å². The van der Waals surface area contributed by atoms with E-state index in [0.717, 1.165) is 0 Å². The minimum Gasteiger partial charge on any atom is -0.289 e. The topological polar surface area (TPSA) is 17.1 Å². The number of carbonyl (C=O) groups is 1. The molecule has 0 aromatic heterocycles. The van der Waals surface area contributed by atoms with Gasteiger partial charge in [-0.25, -0.2) is 0 Å². The highest BCUT2D eigenvalue weighted by atomic mass is 19.4. The van der Waals surface area contributed by atoms with Crippen LogP contribution < -0.4 is 0 Å². The Bertz CT molecular complexity index is 739. The van der Waals surface area contributed by atoms with E-state index in [0.29, 0.717) is 30.3 Å². The molecule has 1 nitrogen and oxygen atoms in total. The molecule has 24 heavy (non-hydrogen) atoms. The number of ketones is 1. The lowest BCUT2D eigenvalue weighted by molar-refractivity contribution is -0.137. The number of benzene rings is 2. The fourth-order valence-electron chi connectivity index (χ4n) is 1.98. The summed E-state index contributed by atoms with van der Waals surface area (Å²) in [5.41, 5.74) is -2.84. The molecule has 0 aliphatic carbocycles. The number of halogens is 6. The molecule has 0 spiro atoms. The molecular formula is C17H10F6O. The van der Waals surface area contributed by atoms with Crippen LogP contribution in [0.4, 0.5) is 26.3 Å². The van der Waals surface area contributed by atoms with Crippen molar-refractivity contribution in [3.63, 3.8) is 0 Å². The molecule has 0 saturated heterocycles. The lowest BCUT2D eigenvalue weighted by atomic mass is 10.00. The lowest BCUT2D eigenvalue weighted by Crippen LogP contribution is -2.13. The molecular weight excluding hydrogens is 334 g/mol. The maximum Gasteiger partial charge on any atom is 0.417 e. The van der Waals surface area contributed by atoms with Gasteiger partial charge < -0.3 is 0 Å². The lowest BCUT2D eigenvalue weighted by Gasteiger charge is -2.13. The number of hydrogen-bond donors (Lipinski definition) is 0. The van der Waals surface area contributed by atoms with Gasteiger partial charge in [-0.2, -0.15) is 26.3 Å². The summed E-state index contributed by atoms with van der Waals surface area (Å²) in [6.07, 6.45) is -9.15. The third kappa shape index (κ3) is 4.24. The SMILES string of the molecule is O=C(/C=C(/c1ccc(C(F)(F)F)cc1)C(F)(F)F)c1ccccc1. The van der Waals surface area contributed by atoms with E-state index in [1.807, 2.05) is 0 Å². The van der Waals surface area contributed by atoms with Gasteiger partial charge in [0, 0.05) is 5.56 Å². The second-order valence-corrected chi connectivity index (χ2v) is 4.86. The van der Waals surface area contributed by atoms with Gasteiger partial charge in [-0.15, -0.1) is 0 Å². The highest BCUT2D eigenvalue weighted by Gasteiger charge is 2.36. The zero-order valence-corrected chi connectivity index (χ0v) is 11.9. The molecule has 0 N–H and O–H groups in total. The third-order valence-corrected chi connectivity index (χ3v) is 3.16. The fourth-order valence-corrected chi connectivity index (χ4v) is 1.98. The van der Waals surface area contributed by atoms with Crippen LogP contribution in [0.25, 0.3) is 5.57 Å². The Labute approximate surface area is 133 Å². The van der Waals surface area contributed by atoms with Crippen LogP contribution >= 0.6 is 0 Å². The molecule has 7 heteroatoms. The van der Waals surface area contributed by atoms with Gasteiger partial charge in [0.1, 0.15) is 0 Å². The largest absolute Gasteiger partial charge is 0.417 e. The monoisotopic (exact) mass is 344 g/mol. The van der Waals surface area contributed by atoms with Crippen LogP contribution in [-0.2, 0) is 6.18 Å². The van der Waals surface area contributed by atoms with Crippen LogP contribution in [0.5, 0.6) is 0 Å². The Morgan fingerprint density at radius 1 is 0.750 bits per heavy atom. The van der Waals surface area contributed by atoms with Gasteiger partial charge in [-0.3, -0.25) is 4.79 Å². The average molecular weight is 344 g/mol. The van der Waals surface area contributed by atoms with E-state index in [9.17, 15) is 31.1 Å². The zero-order chi connectivity index (χ0) is 18.0. The molecule has 0 aliphatic heterocycles. The molecule has 0 bridgehead atoms. The standard InChI is InChI=1S/C17H10F6O/c18-16(19,20)13-8-6-11(7-9-13)14(17(21,22)23)10-15(24)12-4-2-1-3-5-12/h1-10H/b14-10-. The third-order valence-electron chi connectivity index (χ3n) is 3.16. The number of rotatable bonds is 3. The van der Waals surface area contributed by atoms with Gasteiger partial charge in [0.05, 0.1) is 11.1 Å². The minimum atomic E-state index is -4.88. The highest BCUT2D eigenvalue weighted by Crippen LogP contribution is 2.36. The van der Waals surface area contributed by atoms with Crippen molar-refractivity contribution in [3.05, 3.63) is 77.4 Å². The van der Waals surface area contributed by atoms with Crippen molar-refractivity contribution < 1.29 is 31.1 Å². The molecule has 0 atom stereocenters. The molecule has 2 rings (SSSR count). The molecule has 0 radical (unpaired) electrons.